The molecule has 2 saturated heterocycles. The molecule has 2 amide bonds. The molecule has 7 nitrogen and oxygen atoms in total. The maximum absolute atomic E-state index is 13.5. The number of likely N-dealkylation sites (N-methyl/N-ethyl adjacent to an activating group) is 1. The predicted molar refractivity (Wildman–Crippen MR) is 128 cm³/mol. The zero-order chi connectivity index (χ0) is 24.8. The summed E-state index contributed by atoms with van der Waals surface area (Å²) >= 11 is 0. The van der Waals surface area contributed by atoms with E-state index in [1.54, 1.807) is 36.2 Å². The number of carbonyl (C=O) groups is 2. The van der Waals surface area contributed by atoms with E-state index in [4.69, 9.17) is 4.74 Å². The van der Waals surface area contributed by atoms with Crippen molar-refractivity contribution in [3.8, 4) is 0 Å². The van der Waals surface area contributed by atoms with Crippen molar-refractivity contribution in [2.24, 2.45) is 0 Å². The van der Waals surface area contributed by atoms with Crippen LogP contribution in [-0.4, -0.2) is 104 Å². The first kappa shape index (κ1) is 25.2. The van der Waals surface area contributed by atoms with Gasteiger partial charge in [-0.3, -0.25) is 19.4 Å². The Balaban J connectivity index is 1.34. The molecule has 0 N–H and O–H groups in total. The van der Waals surface area contributed by atoms with Crippen LogP contribution >= 0.6 is 0 Å². The van der Waals surface area contributed by atoms with Crippen LogP contribution in [0.25, 0.3) is 0 Å². The highest BCUT2D eigenvalue weighted by Crippen LogP contribution is 2.30. The lowest BCUT2D eigenvalue weighted by Gasteiger charge is -2.40. The van der Waals surface area contributed by atoms with Gasteiger partial charge in [-0.25, -0.2) is 8.78 Å². The molecule has 2 fully saturated rings. The Morgan fingerprint density at radius 2 is 1.37 bits per heavy atom. The quantitative estimate of drug-likeness (QED) is 0.599. The number of hydrogen-bond acceptors (Lipinski definition) is 5. The number of ether oxygens (including phenoxy) is 1. The summed E-state index contributed by atoms with van der Waals surface area (Å²) in [6, 6.07) is 12.7. The maximum Gasteiger partial charge on any atom is 0.242 e. The molecule has 35 heavy (non-hydrogen) atoms. The molecule has 2 aliphatic heterocycles. The number of morpholine rings is 1. The molecule has 2 heterocycles. The summed E-state index contributed by atoms with van der Waals surface area (Å²) in [5, 5.41) is 0. The first-order valence-corrected chi connectivity index (χ1v) is 12.0. The second-order valence-corrected chi connectivity index (χ2v) is 9.06. The van der Waals surface area contributed by atoms with E-state index < -0.39 is 0 Å². The van der Waals surface area contributed by atoms with Gasteiger partial charge in [0.1, 0.15) is 11.6 Å². The van der Waals surface area contributed by atoms with E-state index in [1.807, 2.05) is 0 Å². The lowest BCUT2D eigenvalue weighted by molar-refractivity contribution is -0.142. The minimum atomic E-state index is -0.300. The molecule has 2 aliphatic rings. The fourth-order valence-electron chi connectivity index (χ4n) is 4.60. The van der Waals surface area contributed by atoms with E-state index in [2.05, 4.69) is 9.80 Å². The Bertz CT molecular complexity index is 943. The molecule has 0 atom stereocenters. The minimum Gasteiger partial charge on any atom is -0.378 e. The number of nitrogens with zero attached hydrogens (tertiary/aromatic N) is 4. The Kier molecular flexibility index (Phi) is 8.43. The Morgan fingerprint density at radius 3 is 1.89 bits per heavy atom. The number of carbonyl (C=O) groups excluding carboxylic acids is 2. The van der Waals surface area contributed by atoms with Crippen LogP contribution in [0.4, 0.5) is 8.78 Å². The van der Waals surface area contributed by atoms with Crippen LogP contribution < -0.4 is 0 Å². The summed E-state index contributed by atoms with van der Waals surface area (Å²) in [6.45, 7) is 5.25. The standard InChI is InChI=1S/C26H32F2N4O3/c1-29(18-25(34)31-14-16-35-17-15-31)24(33)19-30-10-12-32(13-11-30)26(20-2-6-22(27)7-3-20)21-4-8-23(28)9-5-21/h2-9,26H,10-19H2,1H3. The van der Waals surface area contributed by atoms with Crippen molar-refractivity contribution in [3.63, 3.8) is 0 Å². The summed E-state index contributed by atoms with van der Waals surface area (Å²) in [5.74, 6) is -0.749. The molecule has 0 saturated carbocycles. The topological polar surface area (TPSA) is 56.3 Å². The van der Waals surface area contributed by atoms with Crippen LogP contribution in [0.2, 0.25) is 0 Å². The highest BCUT2D eigenvalue weighted by molar-refractivity contribution is 5.85. The van der Waals surface area contributed by atoms with Crippen molar-refractivity contribution in [2.75, 3.05) is 72.6 Å². The van der Waals surface area contributed by atoms with E-state index >= 15 is 0 Å². The van der Waals surface area contributed by atoms with Gasteiger partial charge in [-0.15, -0.1) is 0 Å². The van der Waals surface area contributed by atoms with Gasteiger partial charge in [-0.05, 0) is 35.4 Å². The molecule has 4 rings (SSSR count). The van der Waals surface area contributed by atoms with Gasteiger partial charge in [0.15, 0.2) is 0 Å². The summed E-state index contributed by atoms with van der Waals surface area (Å²) in [6.07, 6.45) is 0. The molecule has 2 aromatic rings. The third kappa shape index (κ3) is 6.62. The lowest BCUT2D eigenvalue weighted by Crippen LogP contribution is -2.52. The van der Waals surface area contributed by atoms with Gasteiger partial charge in [0.2, 0.25) is 11.8 Å². The molecule has 0 spiro atoms. The summed E-state index contributed by atoms with van der Waals surface area (Å²) in [4.78, 5) is 32.8. The van der Waals surface area contributed by atoms with Gasteiger partial charge < -0.3 is 14.5 Å². The van der Waals surface area contributed by atoms with Crippen LogP contribution in [0.5, 0.6) is 0 Å². The monoisotopic (exact) mass is 486 g/mol. The van der Waals surface area contributed by atoms with Crippen molar-refractivity contribution in [1.29, 1.82) is 0 Å². The second kappa shape index (κ2) is 11.7. The predicted octanol–water partition coefficient (Wildman–Crippen LogP) is 1.99. The van der Waals surface area contributed by atoms with Crippen LogP contribution in [0.15, 0.2) is 48.5 Å². The van der Waals surface area contributed by atoms with Crippen LogP contribution in [0, 0.1) is 11.6 Å². The van der Waals surface area contributed by atoms with Gasteiger partial charge >= 0.3 is 0 Å². The summed E-state index contributed by atoms with van der Waals surface area (Å²) in [5.41, 5.74) is 1.87. The third-order valence-corrected chi connectivity index (χ3v) is 6.66. The van der Waals surface area contributed by atoms with Crippen LogP contribution in [-0.2, 0) is 14.3 Å². The Morgan fingerprint density at radius 1 is 0.857 bits per heavy atom. The fourth-order valence-corrected chi connectivity index (χ4v) is 4.60. The van der Waals surface area contributed by atoms with Gasteiger partial charge in [0.25, 0.3) is 0 Å². The molecule has 0 bridgehead atoms. The molecule has 0 aliphatic carbocycles. The Hall–Kier alpha value is -2.88. The Labute approximate surface area is 204 Å². The SMILES string of the molecule is CN(CC(=O)N1CCOCC1)C(=O)CN1CCN(C(c2ccc(F)cc2)c2ccc(F)cc2)CC1. The summed E-state index contributed by atoms with van der Waals surface area (Å²) in [7, 11) is 1.66. The van der Waals surface area contributed by atoms with Gasteiger partial charge in [0.05, 0.1) is 32.3 Å². The van der Waals surface area contributed by atoms with Crippen molar-refractivity contribution < 1.29 is 23.1 Å². The number of halogens is 2. The smallest absolute Gasteiger partial charge is 0.242 e. The van der Waals surface area contributed by atoms with Crippen molar-refractivity contribution in [3.05, 3.63) is 71.3 Å². The van der Waals surface area contributed by atoms with E-state index in [1.165, 1.54) is 29.2 Å². The number of rotatable bonds is 7. The van der Waals surface area contributed by atoms with E-state index in [0.717, 1.165) is 11.1 Å². The molecule has 9 heteroatoms. The molecule has 2 aromatic carbocycles. The zero-order valence-corrected chi connectivity index (χ0v) is 20.0. The third-order valence-electron chi connectivity index (χ3n) is 6.66. The summed E-state index contributed by atoms with van der Waals surface area (Å²) < 4.78 is 32.3. The number of amides is 2. The average Bonchev–Trinajstić information content (AvgIpc) is 2.88. The van der Waals surface area contributed by atoms with Crippen LogP contribution in [0.1, 0.15) is 17.2 Å². The van der Waals surface area contributed by atoms with Crippen molar-refractivity contribution in [1.82, 2.24) is 19.6 Å². The van der Waals surface area contributed by atoms with Crippen molar-refractivity contribution >= 4 is 11.8 Å². The number of piperazine rings is 1. The molecular formula is C26H32F2N4O3. The second-order valence-electron chi connectivity index (χ2n) is 9.06. The maximum atomic E-state index is 13.5. The largest absolute Gasteiger partial charge is 0.378 e. The lowest BCUT2D eigenvalue weighted by atomic mass is 9.96. The molecule has 0 unspecified atom stereocenters. The van der Waals surface area contributed by atoms with E-state index in [9.17, 15) is 18.4 Å². The first-order valence-electron chi connectivity index (χ1n) is 12.0. The minimum absolute atomic E-state index is 0.0598. The first-order chi connectivity index (χ1) is 16.9. The highest BCUT2D eigenvalue weighted by Gasteiger charge is 2.28. The number of hydrogen-bond donors (Lipinski definition) is 0. The van der Waals surface area contributed by atoms with E-state index in [0.29, 0.717) is 52.5 Å². The molecule has 0 aromatic heterocycles. The molecular weight excluding hydrogens is 454 g/mol. The van der Waals surface area contributed by atoms with Crippen molar-refractivity contribution in [2.45, 2.75) is 6.04 Å². The normalized spacial score (nSPS) is 17.5. The van der Waals surface area contributed by atoms with Gasteiger partial charge in [0, 0.05) is 46.3 Å². The van der Waals surface area contributed by atoms with Gasteiger partial charge in [-0.2, -0.15) is 0 Å². The fraction of sp³-hybridized carbons (Fsp3) is 0.462. The zero-order valence-electron chi connectivity index (χ0n) is 20.0. The molecule has 188 valence electrons. The van der Waals surface area contributed by atoms with E-state index in [-0.39, 0.29) is 42.6 Å². The molecule has 0 radical (unpaired) electrons. The number of benzene rings is 2. The van der Waals surface area contributed by atoms with Gasteiger partial charge in [-0.1, -0.05) is 24.3 Å². The average molecular weight is 487 g/mol. The highest BCUT2D eigenvalue weighted by atomic mass is 19.1. The van der Waals surface area contributed by atoms with Crippen LogP contribution in [0.3, 0.4) is 0 Å².